The molecule has 0 atom stereocenters. The molecule has 1 saturated carbocycles. The third-order valence-electron chi connectivity index (χ3n) is 3.26. The summed E-state index contributed by atoms with van der Waals surface area (Å²) in [4.78, 5) is 11.9. The minimum absolute atomic E-state index is 0.0165. The summed E-state index contributed by atoms with van der Waals surface area (Å²) in [6.07, 6.45) is 2.71. The van der Waals surface area contributed by atoms with Crippen LogP contribution in [-0.4, -0.2) is 18.8 Å². The highest BCUT2D eigenvalue weighted by atomic mass is 35.5. The lowest BCUT2D eigenvalue weighted by atomic mass is 10.1. The van der Waals surface area contributed by atoms with Crippen molar-refractivity contribution < 1.29 is 9.53 Å². The van der Waals surface area contributed by atoms with E-state index in [4.69, 9.17) is 16.3 Å². The fourth-order valence-electron chi connectivity index (χ4n) is 1.86. The largest absolute Gasteiger partial charge is 0.495 e. The van der Waals surface area contributed by atoms with E-state index < -0.39 is 0 Å². The molecule has 18 heavy (non-hydrogen) atoms. The van der Waals surface area contributed by atoms with Gasteiger partial charge in [0.25, 0.3) is 0 Å². The number of nitrogens with one attached hydrogen (secondary N) is 1. The lowest BCUT2D eigenvalue weighted by Gasteiger charge is -2.12. The van der Waals surface area contributed by atoms with Crippen molar-refractivity contribution in [2.75, 3.05) is 18.2 Å². The Kier molecular flexibility index (Phi) is 4.07. The van der Waals surface area contributed by atoms with Crippen LogP contribution >= 0.6 is 24.2 Å². The highest BCUT2D eigenvalue weighted by Crippen LogP contribution is 2.49. The SMILES string of the molecule is COc1ccc(NC(=O)CC2(CS)CC2)cc1Cl. The molecular formula is C13H16ClNO2S. The van der Waals surface area contributed by atoms with Gasteiger partial charge in [0, 0.05) is 12.1 Å². The van der Waals surface area contributed by atoms with E-state index in [2.05, 4.69) is 17.9 Å². The van der Waals surface area contributed by atoms with Crippen molar-refractivity contribution >= 4 is 35.8 Å². The molecule has 1 aromatic rings. The van der Waals surface area contributed by atoms with E-state index in [0.717, 1.165) is 18.6 Å². The number of benzene rings is 1. The third-order valence-corrected chi connectivity index (χ3v) is 4.23. The lowest BCUT2D eigenvalue weighted by molar-refractivity contribution is -0.117. The van der Waals surface area contributed by atoms with Crippen molar-refractivity contribution in [3.8, 4) is 5.75 Å². The Labute approximate surface area is 117 Å². The lowest BCUT2D eigenvalue weighted by Crippen LogP contribution is -2.18. The fourth-order valence-corrected chi connectivity index (χ4v) is 2.54. The molecule has 0 radical (unpaired) electrons. The standard InChI is InChI=1S/C13H16ClNO2S/c1-17-11-3-2-9(6-10(11)14)15-12(16)7-13(8-18)4-5-13/h2-3,6,18H,4-5,7-8H2,1H3,(H,15,16). The maximum atomic E-state index is 11.9. The van der Waals surface area contributed by atoms with E-state index in [-0.39, 0.29) is 11.3 Å². The zero-order chi connectivity index (χ0) is 13.2. The summed E-state index contributed by atoms with van der Waals surface area (Å²) >= 11 is 10.3. The van der Waals surface area contributed by atoms with Crippen LogP contribution < -0.4 is 10.1 Å². The minimum Gasteiger partial charge on any atom is -0.495 e. The number of hydrogen-bond donors (Lipinski definition) is 2. The van der Waals surface area contributed by atoms with Crippen molar-refractivity contribution in [2.24, 2.45) is 5.41 Å². The molecule has 1 N–H and O–H groups in total. The van der Waals surface area contributed by atoms with E-state index in [9.17, 15) is 4.79 Å². The van der Waals surface area contributed by atoms with Crippen molar-refractivity contribution in [2.45, 2.75) is 19.3 Å². The molecule has 1 fully saturated rings. The van der Waals surface area contributed by atoms with Crippen molar-refractivity contribution in [3.63, 3.8) is 0 Å². The Morgan fingerprint density at radius 3 is 2.78 bits per heavy atom. The van der Waals surface area contributed by atoms with Crippen LogP contribution in [-0.2, 0) is 4.79 Å². The smallest absolute Gasteiger partial charge is 0.224 e. The van der Waals surface area contributed by atoms with Gasteiger partial charge in [-0.1, -0.05) is 11.6 Å². The summed E-state index contributed by atoms with van der Waals surface area (Å²) in [5, 5.41) is 3.34. The number of methoxy groups -OCH3 is 1. The average Bonchev–Trinajstić information content (AvgIpc) is 3.09. The first kappa shape index (κ1) is 13.6. The van der Waals surface area contributed by atoms with Gasteiger partial charge in [0.2, 0.25) is 5.91 Å². The second-order valence-electron chi connectivity index (χ2n) is 4.73. The quantitative estimate of drug-likeness (QED) is 0.814. The first-order valence-corrected chi connectivity index (χ1v) is 6.84. The minimum atomic E-state index is 0.0165. The van der Waals surface area contributed by atoms with Gasteiger partial charge in [0.15, 0.2) is 0 Å². The van der Waals surface area contributed by atoms with Gasteiger partial charge in [-0.2, -0.15) is 12.6 Å². The summed E-state index contributed by atoms with van der Waals surface area (Å²) in [6.45, 7) is 0. The van der Waals surface area contributed by atoms with Crippen LogP contribution in [0.1, 0.15) is 19.3 Å². The van der Waals surface area contributed by atoms with Gasteiger partial charge < -0.3 is 10.1 Å². The Morgan fingerprint density at radius 2 is 2.28 bits per heavy atom. The summed E-state index contributed by atoms with van der Waals surface area (Å²) in [7, 11) is 1.56. The third kappa shape index (κ3) is 3.12. The molecule has 1 aromatic carbocycles. The Bertz CT molecular complexity index is 460. The van der Waals surface area contributed by atoms with Crippen LogP contribution in [0.2, 0.25) is 5.02 Å². The second-order valence-corrected chi connectivity index (χ2v) is 5.46. The molecule has 1 amide bonds. The number of thiol groups is 1. The van der Waals surface area contributed by atoms with Crippen LogP contribution in [0.25, 0.3) is 0 Å². The van der Waals surface area contributed by atoms with Gasteiger partial charge in [0.1, 0.15) is 5.75 Å². The van der Waals surface area contributed by atoms with Crippen LogP contribution in [0, 0.1) is 5.41 Å². The first-order chi connectivity index (χ1) is 8.58. The summed E-state index contributed by atoms with van der Waals surface area (Å²) in [6, 6.07) is 5.21. The molecule has 98 valence electrons. The number of carbonyl (C=O) groups excluding carboxylic acids is 1. The normalized spacial score (nSPS) is 16.2. The Balaban J connectivity index is 1.97. The van der Waals surface area contributed by atoms with Gasteiger partial charge in [-0.15, -0.1) is 0 Å². The van der Waals surface area contributed by atoms with Crippen LogP contribution in [0.3, 0.4) is 0 Å². The molecule has 0 unspecified atom stereocenters. The van der Waals surface area contributed by atoms with Crippen molar-refractivity contribution in [1.82, 2.24) is 0 Å². The molecule has 0 bridgehead atoms. The van der Waals surface area contributed by atoms with E-state index in [1.54, 1.807) is 25.3 Å². The first-order valence-electron chi connectivity index (χ1n) is 5.83. The topological polar surface area (TPSA) is 38.3 Å². The van der Waals surface area contributed by atoms with Crippen LogP contribution in [0.5, 0.6) is 5.75 Å². The van der Waals surface area contributed by atoms with Crippen molar-refractivity contribution in [3.05, 3.63) is 23.2 Å². The highest BCUT2D eigenvalue weighted by molar-refractivity contribution is 7.80. The van der Waals surface area contributed by atoms with Gasteiger partial charge in [-0.3, -0.25) is 4.79 Å². The van der Waals surface area contributed by atoms with Gasteiger partial charge >= 0.3 is 0 Å². The molecule has 1 aliphatic carbocycles. The average molecular weight is 286 g/mol. The summed E-state index contributed by atoms with van der Waals surface area (Å²) in [5.74, 6) is 1.38. The molecule has 5 heteroatoms. The van der Waals surface area contributed by atoms with Crippen molar-refractivity contribution in [1.29, 1.82) is 0 Å². The molecule has 1 aliphatic rings. The van der Waals surface area contributed by atoms with Gasteiger partial charge in [0.05, 0.1) is 12.1 Å². The fraction of sp³-hybridized carbons (Fsp3) is 0.462. The Morgan fingerprint density at radius 1 is 1.56 bits per heavy atom. The van der Waals surface area contributed by atoms with E-state index in [1.807, 2.05) is 0 Å². The second kappa shape index (κ2) is 5.41. The number of hydrogen-bond acceptors (Lipinski definition) is 3. The zero-order valence-electron chi connectivity index (χ0n) is 10.2. The number of carbonyl (C=O) groups is 1. The molecule has 0 aromatic heterocycles. The predicted molar refractivity (Wildman–Crippen MR) is 76.8 cm³/mol. The van der Waals surface area contributed by atoms with Crippen LogP contribution in [0.15, 0.2) is 18.2 Å². The Hall–Kier alpha value is -0.870. The monoisotopic (exact) mass is 285 g/mol. The molecule has 0 aliphatic heterocycles. The van der Waals surface area contributed by atoms with Gasteiger partial charge in [-0.25, -0.2) is 0 Å². The molecular weight excluding hydrogens is 270 g/mol. The number of amides is 1. The zero-order valence-corrected chi connectivity index (χ0v) is 11.9. The molecule has 0 spiro atoms. The molecule has 0 saturated heterocycles. The summed E-state index contributed by atoms with van der Waals surface area (Å²) in [5.41, 5.74) is 0.824. The summed E-state index contributed by atoms with van der Waals surface area (Å²) < 4.78 is 5.06. The number of rotatable bonds is 5. The number of ether oxygens (including phenoxy) is 1. The predicted octanol–water partition coefficient (Wildman–Crippen LogP) is 3.39. The van der Waals surface area contributed by atoms with E-state index >= 15 is 0 Å². The molecule has 3 nitrogen and oxygen atoms in total. The molecule has 0 heterocycles. The van der Waals surface area contributed by atoms with Gasteiger partial charge in [-0.05, 0) is 42.2 Å². The van der Waals surface area contributed by atoms with Crippen LogP contribution in [0.4, 0.5) is 5.69 Å². The maximum absolute atomic E-state index is 11.9. The van der Waals surface area contributed by atoms with E-state index in [1.165, 1.54) is 0 Å². The number of anilines is 1. The van der Waals surface area contributed by atoms with E-state index in [0.29, 0.717) is 22.9 Å². The maximum Gasteiger partial charge on any atom is 0.224 e. The molecule has 2 rings (SSSR count). The number of halogens is 1. The highest BCUT2D eigenvalue weighted by Gasteiger charge is 2.42.